The van der Waals surface area contributed by atoms with Gasteiger partial charge in [0.15, 0.2) is 0 Å². The summed E-state index contributed by atoms with van der Waals surface area (Å²) in [6, 6.07) is 4.33. The van der Waals surface area contributed by atoms with Gasteiger partial charge in [-0.1, -0.05) is 12.2 Å². The minimum Gasteiger partial charge on any atom is -0.265 e. The van der Waals surface area contributed by atoms with Crippen molar-refractivity contribution < 1.29 is 0 Å². The molecule has 1 unspecified atom stereocenters. The third-order valence-electron chi connectivity index (χ3n) is 2.95. The van der Waals surface area contributed by atoms with Crippen molar-refractivity contribution in [3.05, 3.63) is 42.2 Å². The van der Waals surface area contributed by atoms with Gasteiger partial charge < -0.3 is 0 Å². The van der Waals surface area contributed by atoms with E-state index in [1.807, 2.05) is 12.4 Å². The zero-order valence-electron chi connectivity index (χ0n) is 8.52. The van der Waals surface area contributed by atoms with Gasteiger partial charge in [0.1, 0.15) is 0 Å². The predicted molar refractivity (Wildman–Crippen MR) is 59.2 cm³/mol. The van der Waals surface area contributed by atoms with E-state index in [4.69, 9.17) is 0 Å². The molecule has 2 rings (SSSR count). The van der Waals surface area contributed by atoms with Gasteiger partial charge in [-0.2, -0.15) is 0 Å². The summed E-state index contributed by atoms with van der Waals surface area (Å²) >= 11 is 0. The number of rotatable bonds is 1. The van der Waals surface area contributed by atoms with Gasteiger partial charge in [-0.15, -0.1) is 0 Å². The van der Waals surface area contributed by atoms with E-state index in [2.05, 4.69) is 29.3 Å². The molecule has 1 atom stereocenters. The van der Waals surface area contributed by atoms with Crippen LogP contribution in [-0.4, -0.2) is 4.98 Å². The van der Waals surface area contributed by atoms with Gasteiger partial charge in [-0.3, -0.25) is 4.98 Å². The fourth-order valence-electron chi connectivity index (χ4n) is 2.13. The van der Waals surface area contributed by atoms with Crippen LogP contribution in [0.15, 0.2) is 36.7 Å². The van der Waals surface area contributed by atoms with Gasteiger partial charge in [0.2, 0.25) is 0 Å². The molecule has 0 amide bonds. The SMILES string of the molecule is C1=CCCC(c2ccncc2)CCC1. The maximum atomic E-state index is 4.07. The zero-order chi connectivity index (χ0) is 9.64. The van der Waals surface area contributed by atoms with Crippen LogP contribution in [0.25, 0.3) is 0 Å². The van der Waals surface area contributed by atoms with Crippen LogP contribution < -0.4 is 0 Å². The Balaban J connectivity index is 2.06. The molecule has 0 saturated heterocycles. The van der Waals surface area contributed by atoms with Gasteiger partial charge >= 0.3 is 0 Å². The molecule has 1 heteroatoms. The Labute approximate surface area is 85.9 Å². The van der Waals surface area contributed by atoms with Crippen LogP contribution in [0.2, 0.25) is 0 Å². The predicted octanol–water partition coefficient (Wildman–Crippen LogP) is 3.69. The van der Waals surface area contributed by atoms with E-state index >= 15 is 0 Å². The molecular formula is C13H17N. The first-order chi connectivity index (χ1) is 6.97. The molecule has 0 spiro atoms. The zero-order valence-corrected chi connectivity index (χ0v) is 8.52. The maximum Gasteiger partial charge on any atom is 0.0270 e. The quantitative estimate of drug-likeness (QED) is 0.611. The molecule has 0 fully saturated rings. The van der Waals surface area contributed by atoms with Crippen molar-refractivity contribution >= 4 is 0 Å². The Morgan fingerprint density at radius 1 is 1.00 bits per heavy atom. The number of aromatic nitrogens is 1. The molecule has 0 bridgehead atoms. The van der Waals surface area contributed by atoms with Gasteiger partial charge in [0.05, 0.1) is 0 Å². The fraction of sp³-hybridized carbons (Fsp3) is 0.462. The average molecular weight is 187 g/mol. The Kier molecular flexibility index (Phi) is 3.33. The normalized spacial score (nSPS) is 22.7. The number of hydrogen-bond donors (Lipinski definition) is 0. The Morgan fingerprint density at radius 3 is 2.64 bits per heavy atom. The van der Waals surface area contributed by atoms with Crippen LogP contribution in [-0.2, 0) is 0 Å². The Bertz CT molecular complexity index is 289. The average Bonchev–Trinajstić information content (AvgIpc) is 2.18. The van der Waals surface area contributed by atoms with Gasteiger partial charge in [0.25, 0.3) is 0 Å². The highest BCUT2D eigenvalue weighted by Crippen LogP contribution is 2.28. The first-order valence-corrected chi connectivity index (χ1v) is 5.52. The van der Waals surface area contributed by atoms with Gasteiger partial charge in [-0.25, -0.2) is 0 Å². The van der Waals surface area contributed by atoms with Crippen molar-refractivity contribution in [3.8, 4) is 0 Å². The van der Waals surface area contributed by atoms with E-state index < -0.39 is 0 Å². The third-order valence-corrected chi connectivity index (χ3v) is 2.95. The molecule has 0 aliphatic heterocycles. The van der Waals surface area contributed by atoms with Crippen molar-refractivity contribution in [1.82, 2.24) is 4.98 Å². The third kappa shape index (κ3) is 2.44. The molecule has 0 N–H and O–H groups in total. The standard InChI is InChI=1S/C13H17N/c1-2-4-6-12(7-5-3-1)13-8-10-14-11-9-13/h1-2,8-12H,3-7H2. The van der Waals surface area contributed by atoms with E-state index in [0.29, 0.717) is 0 Å². The summed E-state index contributed by atoms with van der Waals surface area (Å²) in [6.45, 7) is 0. The lowest BCUT2D eigenvalue weighted by Crippen LogP contribution is -2.00. The van der Waals surface area contributed by atoms with Crippen LogP contribution in [0.5, 0.6) is 0 Å². The second kappa shape index (κ2) is 4.94. The van der Waals surface area contributed by atoms with E-state index in [0.717, 1.165) is 5.92 Å². The highest BCUT2D eigenvalue weighted by atomic mass is 14.6. The molecule has 0 aromatic carbocycles. The lowest BCUT2D eigenvalue weighted by molar-refractivity contribution is 0.550. The second-order valence-corrected chi connectivity index (χ2v) is 3.96. The van der Waals surface area contributed by atoms with Crippen molar-refractivity contribution in [3.63, 3.8) is 0 Å². The van der Waals surface area contributed by atoms with Crippen molar-refractivity contribution in [2.24, 2.45) is 0 Å². The summed E-state index contributed by atoms with van der Waals surface area (Å²) < 4.78 is 0. The van der Waals surface area contributed by atoms with E-state index in [-0.39, 0.29) is 0 Å². The van der Waals surface area contributed by atoms with Crippen molar-refractivity contribution in [2.45, 2.75) is 38.0 Å². The number of hydrogen-bond acceptors (Lipinski definition) is 1. The monoisotopic (exact) mass is 187 g/mol. The number of allylic oxidation sites excluding steroid dienone is 2. The Hall–Kier alpha value is -1.11. The highest BCUT2D eigenvalue weighted by Gasteiger charge is 2.10. The summed E-state index contributed by atoms with van der Waals surface area (Å²) in [5.74, 6) is 0.753. The summed E-state index contributed by atoms with van der Waals surface area (Å²) in [4.78, 5) is 4.07. The molecule has 14 heavy (non-hydrogen) atoms. The topological polar surface area (TPSA) is 12.9 Å². The first kappa shape index (κ1) is 9.45. The molecule has 1 aliphatic rings. The molecular weight excluding hydrogens is 170 g/mol. The molecule has 0 radical (unpaired) electrons. The van der Waals surface area contributed by atoms with Crippen molar-refractivity contribution in [2.75, 3.05) is 0 Å². The molecule has 0 saturated carbocycles. The Morgan fingerprint density at radius 2 is 1.79 bits per heavy atom. The van der Waals surface area contributed by atoms with Crippen LogP contribution in [0.3, 0.4) is 0 Å². The van der Waals surface area contributed by atoms with Gasteiger partial charge in [-0.05, 0) is 55.7 Å². The van der Waals surface area contributed by atoms with Gasteiger partial charge in [0, 0.05) is 12.4 Å². The molecule has 74 valence electrons. The minimum atomic E-state index is 0.753. The largest absolute Gasteiger partial charge is 0.265 e. The smallest absolute Gasteiger partial charge is 0.0270 e. The molecule has 1 aromatic heterocycles. The van der Waals surface area contributed by atoms with E-state index in [1.54, 1.807) is 0 Å². The number of nitrogens with zero attached hydrogens (tertiary/aromatic N) is 1. The van der Waals surface area contributed by atoms with E-state index in [9.17, 15) is 0 Å². The summed E-state index contributed by atoms with van der Waals surface area (Å²) in [5.41, 5.74) is 1.47. The summed E-state index contributed by atoms with van der Waals surface area (Å²) in [6.07, 6.45) is 14.9. The van der Waals surface area contributed by atoms with Crippen LogP contribution in [0.4, 0.5) is 0 Å². The first-order valence-electron chi connectivity index (χ1n) is 5.52. The molecule has 1 heterocycles. The molecule has 1 aromatic rings. The van der Waals surface area contributed by atoms with Crippen molar-refractivity contribution in [1.29, 1.82) is 0 Å². The second-order valence-electron chi connectivity index (χ2n) is 3.96. The lowest BCUT2D eigenvalue weighted by Gasteiger charge is -2.17. The fourth-order valence-corrected chi connectivity index (χ4v) is 2.13. The molecule has 1 aliphatic carbocycles. The number of pyridine rings is 1. The van der Waals surface area contributed by atoms with Crippen LogP contribution >= 0.6 is 0 Å². The summed E-state index contributed by atoms with van der Waals surface area (Å²) in [7, 11) is 0. The minimum absolute atomic E-state index is 0.753. The van der Waals surface area contributed by atoms with Crippen LogP contribution in [0, 0.1) is 0 Å². The maximum absolute atomic E-state index is 4.07. The van der Waals surface area contributed by atoms with Crippen LogP contribution in [0.1, 0.15) is 43.6 Å². The lowest BCUT2D eigenvalue weighted by atomic mass is 9.88. The highest BCUT2D eigenvalue weighted by molar-refractivity contribution is 5.16. The van der Waals surface area contributed by atoms with E-state index in [1.165, 1.54) is 37.7 Å². The molecule has 1 nitrogen and oxygen atoms in total. The summed E-state index contributed by atoms with van der Waals surface area (Å²) in [5, 5.41) is 0.